The van der Waals surface area contributed by atoms with Gasteiger partial charge in [0, 0.05) is 11.8 Å². The molecule has 3 N–H and O–H groups in total. The molecule has 0 atom stereocenters. The molecule has 0 amide bonds. The predicted molar refractivity (Wildman–Crippen MR) is 58.7 cm³/mol. The molecule has 0 saturated heterocycles. The van der Waals surface area contributed by atoms with Crippen molar-refractivity contribution in [3.8, 4) is 5.75 Å². The van der Waals surface area contributed by atoms with E-state index in [0.29, 0.717) is 12.2 Å². The molecule has 0 aliphatic carbocycles. The Morgan fingerprint density at radius 1 is 1.50 bits per heavy atom. The number of aryl methyl sites for hydroxylation is 1. The van der Waals surface area contributed by atoms with E-state index in [1.54, 1.807) is 12.3 Å². The number of anilines is 1. The maximum atomic E-state index is 13.0. The van der Waals surface area contributed by atoms with Gasteiger partial charge < -0.3 is 15.4 Å². The van der Waals surface area contributed by atoms with Crippen LogP contribution in [0.1, 0.15) is 11.5 Å². The third-order valence-corrected chi connectivity index (χ3v) is 2.19. The number of hydrogen-bond donors (Lipinski definition) is 3. The summed E-state index contributed by atoms with van der Waals surface area (Å²) in [5, 5.41) is 12.0. The Balaban J connectivity index is 2.02. The van der Waals surface area contributed by atoms with Crippen LogP contribution in [0.15, 0.2) is 24.4 Å². The first-order chi connectivity index (χ1) is 7.65. The molecule has 0 aliphatic heterocycles. The lowest BCUT2D eigenvalue weighted by Crippen LogP contribution is -1.99. The van der Waals surface area contributed by atoms with Crippen LogP contribution in [0.2, 0.25) is 0 Å². The van der Waals surface area contributed by atoms with Gasteiger partial charge in [-0.25, -0.2) is 9.37 Å². The maximum Gasteiger partial charge on any atom is 0.166 e. The fourth-order valence-corrected chi connectivity index (χ4v) is 1.38. The molecule has 0 spiro atoms. The van der Waals surface area contributed by atoms with Gasteiger partial charge in [-0.1, -0.05) is 0 Å². The minimum atomic E-state index is -0.634. The Labute approximate surface area is 92.2 Å². The second kappa shape index (κ2) is 4.22. The van der Waals surface area contributed by atoms with Crippen molar-refractivity contribution in [3.63, 3.8) is 0 Å². The van der Waals surface area contributed by atoms with Crippen molar-refractivity contribution in [2.24, 2.45) is 0 Å². The summed E-state index contributed by atoms with van der Waals surface area (Å²) in [6.07, 6.45) is 1.72. The molecule has 2 rings (SSSR count). The van der Waals surface area contributed by atoms with Crippen LogP contribution in [-0.2, 0) is 6.54 Å². The molecule has 1 heterocycles. The van der Waals surface area contributed by atoms with Gasteiger partial charge in [-0.05, 0) is 19.1 Å². The number of hydrogen-bond acceptors (Lipinski definition) is 3. The standard InChI is InChI=1S/C11H12FN3O/c1-7-13-5-9(15-7)6-14-8-2-3-11(16)10(12)4-8/h2-5,14,16H,6H2,1H3,(H,13,15). The quantitative estimate of drug-likeness (QED) is 0.696. The van der Waals surface area contributed by atoms with E-state index in [0.717, 1.165) is 11.5 Å². The Bertz CT molecular complexity index is 496. The normalized spacial score (nSPS) is 10.4. The van der Waals surface area contributed by atoms with Crippen LogP contribution >= 0.6 is 0 Å². The summed E-state index contributed by atoms with van der Waals surface area (Å²) < 4.78 is 13.0. The van der Waals surface area contributed by atoms with Gasteiger partial charge in [0.15, 0.2) is 11.6 Å². The molecule has 16 heavy (non-hydrogen) atoms. The molecule has 2 aromatic rings. The van der Waals surface area contributed by atoms with Gasteiger partial charge in [-0.3, -0.25) is 0 Å². The van der Waals surface area contributed by atoms with E-state index in [9.17, 15) is 4.39 Å². The van der Waals surface area contributed by atoms with Crippen molar-refractivity contribution in [1.29, 1.82) is 0 Å². The van der Waals surface area contributed by atoms with Crippen molar-refractivity contribution in [2.45, 2.75) is 13.5 Å². The van der Waals surface area contributed by atoms with Crippen LogP contribution in [0.5, 0.6) is 5.75 Å². The van der Waals surface area contributed by atoms with E-state index in [-0.39, 0.29) is 5.75 Å². The van der Waals surface area contributed by atoms with Crippen molar-refractivity contribution in [1.82, 2.24) is 9.97 Å². The monoisotopic (exact) mass is 221 g/mol. The van der Waals surface area contributed by atoms with Crippen LogP contribution in [0.4, 0.5) is 10.1 Å². The number of H-pyrrole nitrogens is 1. The average Bonchev–Trinajstić information content (AvgIpc) is 2.66. The summed E-state index contributed by atoms with van der Waals surface area (Å²) >= 11 is 0. The van der Waals surface area contributed by atoms with Gasteiger partial charge in [0.25, 0.3) is 0 Å². The number of aromatic nitrogens is 2. The molecule has 1 aromatic heterocycles. The van der Waals surface area contributed by atoms with E-state index in [2.05, 4.69) is 15.3 Å². The van der Waals surface area contributed by atoms with E-state index in [4.69, 9.17) is 5.11 Å². The average molecular weight is 221 g/mol. The Kier molecular flexibility index (Phi) is 2.76. The molecule has 1 aromatic carbocycles. The number of nitrogens with zero attached hydrogens (tertiary/aromatic N) is 1. The van der Waals surface area contributed by atoms with E-state index >= 15 is 0 Å². The summed E-state index contributed by atoms with van der Waals surface area (Å²) in [6, 6.07) is 4.18. The number of halogens is 1. The van der Waals surface area contributed by atoms with Gasteiger partial charge in [-0.15, -0.1) is 0 Å². The molecule has 84 valence electrons. The number of phenols is 1. The Morgan fingerprint density at radius 2 is 2.31 bits per heavy atom. The SMILES string of the molecule is Cc1ncc(CNc2ccc(O)c(F)c2)[nH]1. The third kappa shape index (κ3) is 2.31. The molecule has 0 fully saturated rings. The van der Waals surface area contributed by atoms with Crippen molar-refractivity contribution >= 4 is 5.69 Å². The molecule has 0 bridgehead atoms. The highest BCUT2D eigenvalue weighted by molar-refractivity contribution is 5.46. The van der Waals surface area contributed by atoms with Crippen molar-refractivity contribution < 1.29 is 9.50 Å². The van der Waals surface area contributed by atoms with Crippen LogP contribution in [-0.4, -0.2) is 15.1 Å². The summed E-state index contributed by atoms with van der Waals surface area (Å²) in [6.45, 7) is 2.40. The topological polar surface area (TPSA) is 60.9 Å². The van der Waals surface area contributed by atoms with E-state index in [1.165, 1.54) is 12.1 Å². The highest BCUT2D eigenvalue weighted by atomic mass is 19.1. The van der Waals surface area contributed by atoms with Crippen LogP contribution in [0.25, 0.3) is 0 Å². The predicted octanol–water partition coefficient (Wildman–Crippen LogP) is 2.17. The first-order valence-electron chi connectivity index (χ1n) is 4.88. The third-order valence-electron chi connectivity index (χ3n) is 2.19. The maximum absolute atomic E-state index is 13.0. The second-order valence-electron chi connectivity index (χ2n) is 3.51. The number of imidazole rings is 1. The lowest BCUT2D eigenvalue weighted by Gasteiger charge is -2.05. The largest absolute Gasteiger partial charge is 0.505 e. The number of benzene rings is 1. The lowest BCUT2D eigenvalue weighted by molar-refractivity contribution is 0.432. The number of aromatic amines is 1. The molecule has 0 saturated carbocycles. The van der Waals surface area contributed by atoms with Crippen LogP contribution in [0, 0.1) is 12.7 Å². The molecular formula is C11H12FN3O. The van der Waals surface area contributed by atoms with Crippen LogP contribution in [0.3, 0.4) is 0 Å². The summed E-state index contributed by atoms with van der Waals surface area (Å²) in [4.78, 5) is 7.11. The van der Waals surface area contributed by atoms with Gasteiger partial charge in [0.2, 0.25) is 0 Å². The van der Waals surface area contributed by atoms with E-state index in [1.807, 2.05) is 6.92 Å². The fourth-order valence-electron chi connectivity index (χ4n) is 1.38. The summed E-state index contributed by atoms with van der Waals surface area (Å²) in [5.74, 6) is -0.137. The zero-order chi connectivity index (χ0) is 11.5. The number of nitrogens with one attached hydrogen (secondary N) is 2. The molecule has 0 unspecified atom stereocenters. The summed E-state index contributed by atoms with van der Waals surface area (Å²) in [7, 11) is 0. The first-order valence-corrected chi connectivity index (χ1v) is 4.88. The van der Waals surface area contributed by atoms with Gasteiger partial charge in [0.1, 0.15) is 5.82 Å². The highest BCUT2D eigenvalue weighted by Crippen LogP contribution is 2.19. The van der Waals surface area contributed by atoms with Gasteiger partial charge >= 0.3 is 0 Å². The Hall–Kier alpha value is -2.04. The van der Waals surface area contributed by atoms with Gasteiger partial charge in [-0.2, -0.15) is 0 Å². The fraction of sp³-hybridized carbons (Fsp3) is 0.182. The van der Waals surface area contributed by atoms with Gasteiger partial charge in [0.05, 0.1) is 18.4 Å². The summed E-state index contributed by atoms with van der Waals surface area (Å²) in [5.41, 5.74) is 1.54. The minimum absolute atomic E-state index is 0.345. The smallest absolute Gasteiger partial charge is 0.166 e. The second-order valence-corrected chi connectivity index (χ2v) is 3.51. The minimum Gasteiger partial charge on any atom is -0.505 e. The Morgan fingerprint density at radius 3 is 2.94 bits per heavy atom. The van der Waals surface area contributed by atoms with Crippen molar-refractivity contribution in [2.75, 3.05) is 5.32 Å². The molecule has 0 radical (unpaired) electrons. The van der Waals surface area contributed by atoms with Crippen LogP contribution < -0.4 is 5.32 Å². The molecular weight excluding hydrogens is 209 g/mol. The number of rotatable bonds is 3. The van der Waals surface area contributed by atoms with Crippen molar-refractivity contribution in [3.05, 3.63) is 41.7 Å². The number of aromatic hydroxyl groups is 1. The molecule has 5 heteroatoms. The lowest BCUT2D eigenvalue weighted by atomic mass is 10.3. The molecule has 4 nitrogen and oxygen atoms in total. The highest BCUT2D eigenvalue weighted by Gasteiger charge is 2.02. The number of phenolic OH excluding ortho intramolecular Hbond substituents is 1. The molecule has 0 aliphatic rings. The zero-order valence-electron chi connectivity index (χ0n) is 8.79. The van der Waals surface area contributed by atoms with E-state index < -0.39 is 5.82 Å². The first kappa shape index (κ1) is 10.5. The zero-order valence-corrected chi connectivity index (χ0v) is 8.79.